The quantitative estimate of drug-likeness (QED) is 0.428. The minimum absolute atomic E-state index is 0. The Kier molecular flexibility index (Phi) is 6.57. The zero-order valence-electron chi connectivity index (χ0n) is 15.4. The molecule has 130 valence electrons. The molecule has 2 aliphatic rings. The minimum Gasteiger partial charge on any atom is -0.472 e. The van der Waals surface area contributed by atoms with Crippen LogP contribution in [0.5, 0.6) is 0 Å². The molecule has 1 aliphatic carbocycles. The predicted octanol–water partition coefficient (Wildman–Crippen LogP) is -0.423. The van der Waals surface area contributed by atoms with E-state index in [9.17, 15) is 0 Å². The van der Waals surface area contributed by atoms with Gasteiger partial charge >= 0.3 is 51.4 Å². The number of amidine groups is 1. The Balaban J connectivity index is 0.00000210. The van der Waals surface area contributed by atoms with Crippen LogP contribution in [0.15, 0.2) is 65.4 Å². The van der Waals surface area contributed by atoms with E-state index in [1.54, 1.807) is 6.20 Å². The Morgan fingerprint density at radius 2 is 1.93 bits per heavy atom. The molecule has 0 bridgehead atoms. The number of nitrogens with zero attached hydrogens (tertiary/aromatic N) is 3. The van der Waals surface area contributed by atoms with Gasteiger partial charge in [-0.15, -0.1) is 6.34 Å². The zero-order valence-corrected chi connectivity index (χ0v) is 18.5. The molecule has 0 saturated heterocycles. The Hall–Kier alpha value is -1.41. The number of nitrogens with one attached hydrogen (secondary N) is 1. The third kappa shape index (κ3) is 4.06. The number of fused-ring (bicyclic) bond motifs is 1. The summed E-state index contributed by atoms with van der Waals surface area (Å²) in [5.74, 6) is 0.618. The van der Waals surface area contributed by atoms with E-state index in [1.807, 2.05) is 24.4 Å². The van der Waals surface area contributed by atoms with Crippen LogP contribution in [-0.4, -0.2) is 23.7 Å². The summed E-state index contributed by atoms with van der Waals surface area (Å²) in [6.45, 7) is 0.558. The Morgan fingerprint density at radius 3 is 2.59 bits per heavy atom. The first-order valence-corrected chi connectivity index (χ1v) is 8.66. The van der Waals surface area contributed by atoms with Gasteiger partial charge in [0.15, 0.2) is 0 Å². The standard InChI is InChI=1S/C21H20N5.K/c22-13-21(11-17-3-1-2-4-18(17)12-21)19-10-15(5-7-24-19)9-16-6-8-25-20(16)26-14-23;/h1-10,14H,11-13,22H2,(H-,23,25,26);/q-1;+1/b16-9+;. The van der Waals surface area contributed by atoms with Gasteiger partial charge < -0.3 is 16.5 Å². The second-order valence-corrected chi connectivity index (χ2v) is 6.75. The van der Waals surface area contributed by atoms with Crippen molar-refractivity contribution in [1.82, 2.24) is 10.3 Å². The van der Waals surface area contributed by atoms with E-state index >= 15 is 0 Å². The van der Waals surface area contributed by atoms with Gasteiger partial charge in [0.05, 0.1) is 5.84 Å². The van der Waals surface area contributed by atoms with E-state index in [2.05, 4.69) is 45.6 Å². The molecule has 27 heavy (non-hydrogen) atoms. The number of pyridine rings is 1. The fourth-order valence-corrected chi connectivity index (χ4v) is 3.77. The van der Waals surface area contributed by atoms with Crippen molar-refractivity contribution < 1.29 is 51.4 Å². The van der Waals surface area contributed by atoms with Gasteiger partial charge in [-0.2, -0.15) is 0 Å². The van der Waals surface area contributed by atoms with E-state index in [1.165, 1.54) is 11.1 Å². The summed E-state index contributed by atoms with van der Waals surface area (Å²) in [6, 6.07) is 12.6. The van der Waals surface area contributed by atoms with Crippen LogP contribution in [0.25, 0.3) is 11.5 Å². The monoisotopic (exact) mass is 381 g/mol. The maximum Gasteiger partial charge on any atom is 1.00 e. The second kappa shape index (κ2) is 8.73. The van der Waals surface area contributed by atoms with Crippen LogP contribution < -0.4 is 62.4 Å². The van der Waals surface area contributed by atoms with E-state index in [4.69, 9.17) is 11.1 Å². The van der Waals surface area contributed by atoms with E-state index in [0.29, 0.717) is 12.4 Å². The number of hydrogen-bond acceptors (Lipinski definition) is 3. The molecule has 3 N–H and O–H groups in total. The number of aliphatic imine (C=N–C) groups is 1. The van der Waals surface area contributed by atoms with Gasteiger partial charge in [-0.25, -0.2) is 0 Å². The summed E-state index contributed by atoms with van der Waals surface area (Å²) in [5, 5.41) is 11.7. The summed E-state index contributed by atoms with van der Waals surface area (Å²) in [7, 11) is 0. The fourth-order valence-electron chi connectivity index (χ4n) is 3.77. The van der Waals surface area contributed by atoms with E-state index in [0.717, 1.165) is 36.0 Å². The van der Waals surface area contributed by atoms with Crippen molar-refractivity contribution in [1.29, 1.82) is 0 Å². The molecule has 6 heteroatoms. The molecule has 0 fully saturated rings. The summed E-state index contributed by atoms with van der Waals surface area (Å²) in [4.78, 5) is 8.85. The summed E-state index contributed by atoms with van der Waals surface area (Å²) >= 11 is 0. The first kappa shape index (κ1) is 20.3. The van der Waals surface area contributed by atoms with Gasteiger partial charge in [-0.1, -0.05) is 24.3 Å². The average molecular weight is 382 g/mol. The van der Waals surface area contributed by atoms with Crippen LogP contribution in [0.3, 0.4) is 0 Å². The van der Waals surface area contributed by atoms with Gasteiger partial charge in [0, 0.05) is 30.1 Å². The maximum absolute atomic E-state index is 8.95. The molecule has 0 radical (unpaired) electrons. The number of benzene rings is 1. The number of nitrogens with two attached hydrogens (primary N) is 1. The van der Waals surface area contributed by atoms with Gasteiger partial charge in [0.2, 0.25) is 0 Å². The molecule has 0 unspecified atom stereocenters. The number of aromatic nitrogens is 1. The van der Waals surface area contributed by atoms with Crippen LogP contribution in [-0.2, 0) is 18.3 Å². The predicted molar refractivity (Wildman–Crippen MR) is 106 cm³/mol. The second-order valence-electron chi connectivity index (χ2n) is 6.75. The third-order valence-corrected chi connectivity index (χ3v) is 5.15. The van der Waals surface area contributed by atoms with Gasteiger partial charge in [0.1, 0.15) is 0 Å². The van der Waals surface area contributed by atoms with Crippen molar-refractivity contribution in [2.75, 3.05) is 6.54 Å². The minimum atomic E-state index is -0.155. The van der Waals surface area contributed by atoms with Crippen molar-refractivity contribution in [3.8, 4) is 0 Å². The van der Waals surface area contributed by atoms with Crippen LogP contribution in [0, 0.1) is 0 Å². The van der Waals surface area contributed by atoms with Crippen LogP contribution in [0.1, 0.15) is 22.4 Å². The first-order valence-electron chi connectivity index (χ1n) is 8.66. The van der Waals surface area contributed by atoms with Crippen molar-refractivity contribution in [3.05, 3.63) is 88.2 Å². The SMILES string of the molecule is [K+].[N-]=CNC1=NC=C/C1=C\c1ccnc(C2(CN)Cc3ccccc3C2)c1. The average Bonchev–Trinajstić information content (AvgIpc) is 3.27. The Morgan fingerprint density at radius 1 is 1.19 bits per heavy atom. The van der Waals surface area contributed by atoms with Crippen LogP contribution >= 0.6 is 0 Å². The Bertz CT molecular complexity index is 920. The molecule has 2 heterocycles. The molecule has 1 aromatic carbocycles. The van der Waals surface area contributed by atoms with Gasteiger partial charge in [-0.05, 0) is 59.4 Å². The molecule has 1 aliphatic heterocycles. The van der Waals surface area contributed by atoms with Crippen molar-refractivity contribution >= 4 is 18.3 Å². The molecule has 0 saturated carbocycles. The maximum atomic E-state index is 8.95. The molecular formula is C21H20KN5. The molecular weight excluding hydrogens is 361 g/mol. The molecule has 5 nitrogen and oxygen atoms in total. The molecule has 1 aromatic heterocycles. The molecule has 2 aromatic rings. The van der Waals surface area contributed by atoms with Crippen molar-refractivity contribution in [2.45, 2.75) is 18.3 Å². The summed E-state index contributed by atoms with van der Waals surface area (Å²) < 4.78 is 0. The molecule has 4 rings (SSSR count). The van der Waals surface area contributed by atoms with Crippen molar-refractivity contribution in [3.63, 3.8) is 0 Å². The van der Waals surface area contributed by atoms with Crippen LogP contribution in [0.4, 0.5) is 0 Å². The zero-order chi connectivity index (χ0) is 18.0. The van der Waals surface area contributed by atoms with Crippen LogP contribution in [0.2, 0.25) is 0 Å². The fraction of sp³-hybridized carbons (Fsp3) is 0.190. The first-order chi connectivity index (χ1) is 12.7. The Labute approximate surface area is 201 Å². The van der Waals surface area contributed by atoms with Gasteiger partial charge in [0.25, 0.3) is 0 Å². The van der Waals surface area contributed by atoms with Gasteiger partial charge in [-0.3, -0.25) is 9.98 Å². The third-order valence-electron chi connectivity index (χ3n) is 5.15. The van der Waals surface area contributed by atoms with E-state index in [-0.39, 0.29) is 56.8 Å². The summed E-state index contributed by atoms with van der Waals surface area (Å²) in [6.07, 6.45) is 10.2. The number of rotatable bonds is 4. The largest absolute Gasteiger partial charge is 1.00 e. The van der Waals surface area contributed by atoms with E-state index < -0.39 is 0 Å². The molecule has 0 spiro atoms. The molecule has 0 amide bonds. The topological polar surface area (TPSA) is 85.6 Å². The molecule has 0 atom stereocenters. The normalized spacial score (nSPS) is 18.0. The number of hydrogen-bond donors (Lipinski definition) is 2. The van der Waals surface area contributed by atoms with Crippen molar-refractivity contribution in [2.24, 2.45) is 10.7 Å². The summed E-state index contributed by atoms with van der Waals surface area (Å²) in [5.41, 5.74) is 11.8. The smallest absolute Gasteiger partial charge is 0.472 e.